The molecule has 4 rings (SSSR count). The Balaban J connectivity index is 1.55. The first kappa shape index (κ1) is 24.8. The Morgan fingerprint density at radius 3 is 2.71 bits per heavy atom. The number of likely N-dealkylation sites (tertiary alicyclic amines) is 1. The Morgan fingerprint density at radius 1 is 1.23 bits per heavy atom. The van der Waals surface area contributed by atoms with Crippen LogP contribution in [0.25, 0.3) is 10.9 Å². The molecule has 7 nitrogen and oxygen atoms in total. The van der Waals surface area contributed by atoms with Crippen LogP contribution in [0.15, 0.2) is 54.7 Å². The lowest BCUT2D eigenvalue weighted by atomic mass is 9.90. The molecular formula is C28H36N4O3. The summed E-state index contributed by atoms with van der Waals surface area (Å²) in [4.78, 5) is 31.8. The fourth-order valence-electron chi connectivity index (χ4n) is 4.82. The molecule has 0 radical (unpaired) electrons. The third kappa shape index (κ3) is 6.03. The summed E-state index contributed by atoms with van der Waals surface area (Å²) in [6.07, 6.45) is 5.26. The summed E-state index contributed by atoms with van der Waals surface area (Å²) in [5, 5.41) is 3.93. The number of carbonyl (C=O) groups excluding carboxylic acids is 2. The van der Waals surface area contributed by atoms with Gasteiger partial charge in [0.25, 0.3) is 0 Å². The zero-order chi connectivity index (χ0) is 25.0. The molecule has 1 aliphatic rings. The molecule has 2 aromatic carbocycles. The lowest BCUT2D eigenvalue weighted by molar-refractivity contribution is -0.138. The van der Waals surface area contributed by atoms with Crippen LogP contribution in [0, 0.1) is 5.92 Å². The van der Waals surface area contributed by atoms with Gasteiger partial charge in [-0.2, -0.15) is 0 Å². The van der Waals surface area contributed by atoms with Crippen LogP contribution in [0.3, 0.4) is 0 Å². The summed E-state index contributed by atoms with van der Waals surface area (Å²) in [5.41, 5.74) is 8.16. The molecule has 1 fully saturated rings. The maximum absolute atomic E-state index is 13.8. The van der Waals surface area contributed by atoms with Gasteiger partial charge in [0.2, 0.25) is 11.8 Å². The monoisotopic (exact) mass is 476 g/mol. The minimum absolute atomic E-state index is 0.0578. The van der Waals surface area contributed by atoms with Crippen LogP contribution in [0.1, 0.15) is 37.8 Å². The molecule has 3 aromatic rings. The number of methoxy groups -OCH3 is 1. The molecule has 186 valence electrons. The van der Waals surface area contributed by atoms with Crippen LogP contribution in [0.5, 0.6) is 5.75 Å². The topological polar surface area (TPSA) is 100 Å². The molecule has 0 unspecified atom stereocenters. The molecule has 0 bridgehead atoms. The zero-order valence-corrected chi connectivity index (χ0v) is 20.8. The van der Waals surface area contributed by atoms with E-state index in [0.717, 1.165) is 41.5 Å². The Bertz CT molecular complexity index is 1170. The maximum Gasteiger partial charge on any atom is 0.245 e. The van der Waals surface area contributed by atoms with E-state index in [1.165, 1.54) is 5.56 Å². The average Bonchev–Trinajstić information content (AvgIpc) is 3.25. The van der Waals surface area contributed by atoms with Gasteiger partial charge in [-0.15, -0.1) is 0 Å². The van der Waals surface area contributed by atoms with Gasteiger partial charge >= 0.3 is 0 Å². The molecule has 0 aliphatic carbocycles. The van der Waals surface area contributed by atoms with Gasteiger partial charge in [0.05, 0.1) is 12.6 Å². The van der Waals surface area contributed by atoms with Crippen molar-refractivity contribution >= 4 is 22.7 Å². The Hall–Kier alpha value is -3.32. The number of carbonyl (C=O) groups is 2. The molecule has 35 heavy (non-hydrogen) atoms. The summed E-state index contributed by atoms with van der Waals surface area (Å²) in [5.74, 6) is 0.742. The highest BCUT2D eigenvalue weighted by Gasteiger charge is 2.33. The van der Waals surface area contributed by atoms with Gasteiger partial charge in [0.1, 0.15) is 11.8 Å². The largest absolute Gasteiger partial charge is 0.497 e. The van der Waals surface area contributed by atoms with Gasteiger partial charge in [0, 0.05) is 36.6 Å². The summed E-state index contributed by atoms with van der Waals surface area (Å²) in [6, 6.07) is 15.5. The zero-order valence-electron chi connectivity index (χ0n) is 20.8. The van der Waals surface area contributed by atoms with Crippen molar-refractivity contribution in [3.8, 4) is 5.75 Å². The maximum atomic E-state index is 13.8. The number of hydrogen-bond acceptors (Lipinski definition) is 4. The molecule has 2 atom stereocenters. The van der Waals surface area contributed by atoms with E-state index in [0.29, 0.717) is 25.4 Å². The summed E-state index contributed by atoms with van der Waals surface area (Å²) < 4.78 is 5.39. The first-order chi connectivity index (χ1) is 16.7. The van der Waals surface area contributed by atoms with E-state index >= 15 is 0 Å². The summed E-state index contributed by atoms with van der Waals surface area (Å²) in [7, 11) is 1.63. The highest BCUT2D eigenvalue weighted by molar-refractivity contribution is 5.92. The van der Waals surface area contributed by atoms with Crippen LogP contribution >= 0.6 is 0 Å². The van der Waals surface area contributed by atoms with Crippen molar-refractivity contribution in [1.82, 2.24) is 15.2 Å². The van der Waals surface area contributed by atoms with Gasteiger partial charge in [-0.3, -0.25) is 9.59 Å². The van der Waals surface area contributed by atoms with Crippen LogP contribution in [-0.4, -0.2) is 53.5 Å². The van der Waals surface area contributed by atoms with Crippen molar-refractivity contribution in [2.24, 2.45) is 11.7 Å². The second-order valence-corrected chi connectivity index (χ2v) is 10.2. The van der Waals surface area contributed by atoms with E-state index in [4.69, 9.17) is 10.5 Å². The Morgan fingerprint density at radius 2 is 2.00 bits per heavy atom. The van der Waals surface area contributed by atoms with Crippen LogP contribution in [0.2, 0.25) is 0 Å². The molecule has 2 heterocycles. The number of aromatic amines is 1. The number of amides is 2. The number of fused-ring (bicyclic) bond motifs is 1. The highest BCUT2D eigenvalue weighted by Crippen LogP contribution is 2.26. The van der Waals surface area contributed by atoms with Gasteiger partial charge in [0.15, 0.2) is 0 Å². The number of rotatable bonds is 8. The normalized spacial score (nSPS) is 17.3. The number of piperidine rings is 1. The fourth-order valence-corrected chi connectivity index (χ4v) is 4.82. The molecule has 1 aromatic heterocycles. The SMILES string of the molecule is COc1ccc2[nH]cc(C[C@@H](NC(=O)C(C)(C)N)C(=O)N3CCC[C@H](Cc4ccccc4)C3)c2c1. The molecule has 2 amide bonds. The minimum Gasteiger partial charge on any atom is -0.497 e. The Labute approximate surface area is 207 Å². The number of nitrogens with two attached hydrogens (primary N) is 1. The van der Waals surface area contributed by atoms with Crippen LogP contribution < -0.4 is 15.8 Å². The smallest absolute Gasteiger partial charge is 0.245 e. The summed E-state index contributed by atoms with van der Waals surface area (Å²) in [6.45, 7) is 4.69. The number of nitrogens with one attached hydrogen (secondary N) is 2. The first-order valence-corrected chi connectivity index (χ1v) is 12.3. The van der Waals surface area contributed by atoms with Crippen molar-refractivity contribution in [1.29, 1.82) is 0 Å². The Kier molecular flexibility index (Phi) is 7.45. The second-order valence-electron chi connectivity index (χ2n) is 10.2. The fraction of sp³-hybridized carbons (Fsp3) is 0.429. The van der Waals surface area contributed by atoms with Crippen molar-refractivity contribution < 1.29 is 14.3 Å². The van der Waals surface area contributed by atoms with Crippen molar-refractivity contribution in [3.05, 3.63) is 65.9 Å². The minimum atomic E-state index is -1.08. The van der Waals surface area contributed by atoms with Crippen LogP contribution in [-0.2, 0) is 22.4 Å². The number of ether oxygens (including phenoxy) is 1. The average molecular weight is 477 g/mol. The van der Waals surface area contributed by atoms with Gasteiger partial charge in [-0.1, -0.05) is 30.3 Å². The second kappa shape index (κ2) is 10.5. The van der Waals surface area contributed by atoms with E-state index < -0.39 is 11.6 Å². The van der Waals surface area contributed by atoms with Crippen molar-refractivity contribution in [2.75, 3.05) is 20.2 Å². The van der Waals surface area contributed by atoms with E-state index in [2.05, 4.69) is 34.6 Å². The molecule has 1 saturated heterocycles. The molecule has 0 spiro atoms. The van der Waals surface area contributed by atoms with Crippen molar-refractivity contribution in [2.45, 2.75) is 51.1 Å². The lowest BCUT2D eigenvalue weighted by Gasteiger charge is -2.36. The lowest BCUT2D eigenvalue weighted by Crippen LogP contribution is -2.58. The number of aromatic nitrogens is 1. The molecule has 1 aliphatic heterocycles. The standard InChI is InChI=1S/C28H36N4O3/c1-28(2,29)27(34)31-25(15-21-17-30-24-12-11-22(35-3)16-23(21)24)26(33)32-13-7-10-20(18-32)14-19-8-5-4-6-9-19/h4-6,8-9,11-12,16-17,20,25,30H,7,10,13-15,18,29H2,1-3H3,(H,31,34)/t20-,25-/m1/s1. The number of nitrogens with zero attached hydrogens (tertiary/aromatic N) is 1. The van der Waals surface area contributed by atoms with E-state index in [1.807, 2.05) is 35.4 Å². The molecule has 0 saturated carbocycles. The first-order valence-electron chi connectivity index (χ1n) is 12.3. The highest BCUT2D eigenvalue weighted by atomic mass is 16.5. The number of H-pyrrole nitrogens is 1. The quantitative estimate of drug-likeness (QED) is 0.464. The van der Waals surface area contributed by atoms with Gasteiger partial charge in [-0.05, 0) is 68.4 Å². The van der Waals surface area contributed by atoms with Gasteiger partial charge < -0.3 is 25.7 Å². The third-order valence-corrected chi connectivity index (χ3v) is 6.79. The van der Waals surface area contributed by atoms with Gasteiger partial charge in [-0.25, -0.2) is 0 Å². The van der Waals surface area contributed by atoms with E-state index in [-0.39, 0.29) is 11.8 Å². The summed E-state index contributed by atoms with van der Waals surface area (Å²) >= 11 is 0. The predicted molar refractivity (Wildman–Crippen MR) is 138 cm³/mol. The third-order valence-electron chi connectivity index (χ3n) is 6.79. The molecular weight excluding hydrogens is 440 g/mol. The molecule has 4 N–H and O–H groups in total. The predicted octanol–water partition coefficient (Wildman–Crippen LogP) is 3.42. The van der Waals surface area contributed by atoms with Crippen LogP contribution in [0.4, 0.5) is 0 Å². The number of benzene rings is 2. The van der Waals surface area contributed by atoms with Crippen molar-refractivity contribution in [3.63, 3.8) is 0 Å². The van der Waals surface area contributed by atoms with E-state index in [1.54, 1.807) is 21.0 Å². The number of hydrogen-bond donors (Lipinski definition) is 3. The van der Waals surface area contributed by atoms with E-state index in [9.17, 15) is 9.59 Å². The molecule has 7 heteroatoms.